The Morgan fingerprint density at radius 3 is 2.86 bits per heavy atom. The van der Waals surface area contributed by atoms with Gasteiger partial charge in [0.15, 0.2) is 5.82 Å². The lowest BCUT2D eigenvalue weighted by atomic mass is 10.1. The lowest BCUT2D eigenvalue weighted by molar-refractivity contribution is 0.0220. The second-order valence-corrected chi connectivity index (χ2v) is 8.32. The number of carbonyl (C=O) groups is 2. The number of aromatic nitrogens is 2. The molecule has 1 aromatic heterocycles. The van der Waals surface area contributed by atoms with E-state index >= 15 is 0 Å². The van der Waals surface area contributed by atoms with Crippen LogP contribution in [0.25, 0.3) is 0 Å². The van der Waals surface area contributed by atoms with E-state index in [4.69, 9.17) is 24.6 Å². The van der Waals surface area contributed by atoms with Crippen molar-refractivity contribution in [1.82, 2.24) is 14.5 Å². The van der Waals surface area contributed by atoms with Crippen LogP contribution in [0.1, 0.15) is 51.0 Å². The van der Waals surface area contributed by atoms with Crippen molar-refractivity contribution >= 4 is 45.2 Å². The van der Waals surface area contributed by atoms with E-state index in [1.165, 1.54) is 4.90 Å². The molecule has 7 nitrogen and oxygen atoms in total. The molecule has 0 bridgehead atoms. The molecule has 2 amide bonds. The first-order valence-electron chi connectivity index (χ1n) is 11.4. The fourth-order valence-corrected chi connectivity index (χ4v) is 3.08. The van der Waals surface area contributed by atoms with Gasteiger partial charge in [0.2, 0.25) is 0 Å². The van der Waals surface area contributed by atoms with Gasteiger partial charge in [0.1, 0.15) is 5.60 Å². The topological polar surface area (TPSA) is 76.5 Å². The molecule has 0 atom stereocenters. The number of anilines is 1. The SMILES string of the molecule is [2H]c1c([2H])c(Br)c(Cl)c(NC(=O)c2nc3c(n2C([2H])([2H])[2H])CCN(C(=O)OC(C)(C)C)C3)c1[2H]. The molecule has 0 saturated carbocycles. The number of rotatable bonds is 2. The van der Waals surface area contributed by atoms with E-state index in [0.717, 1.165) is 4.57 Å². The van der Waals surface area contributed by atoms with Crippen molar-refractivity contribution in [3.05, 3.63) is 44.8 Å². The van der Waals surface area contributed by atoms with Crippen LogP contribution in [0.3, 0.4) is 0 Å². The quantitative estimate of drug-likeness (QED) is 0.699. The van der Waals surface area contributed by atoms with Gasteiger partial charge < -0.3 is 19.5 Å². The van der Waals surface area contributed by atoms with Crippen molar-refractivity contribution in [1.29, 1.82) is 0 Å². The van der Waals surface area contributed by atoms with E-state index in [-0.39, 0.29) is 52.1 Å². The number of nitrogens with zero attached hydrogens (tertiary/aromatic N) is 3. The van der Waals surface area contributed by atoms with Crippen LogP contribution in [0.4, 0.5) is 10.5 Å². The molecule has 1 aliphatic heterocycles. The number of benzene rings is 1. The number of imidazole rings is 1. The molecule has 9 heteroatoms. The Bertz CT molecular complexity index is 1150. The first-order chi connectivity index (χ1) is 15.5. The first-order valence-corrected chi connectivity index (χ1v) is 9.55. The van der Waals surface area contributed by atoms with Gasteiger partial charge in [-0.25, -0.2) is 9.78 Å². The molecule has 2 heterocycles. The van der Waals surface area contributed by atoms with E-state index in [2.05, 4.69) is 26.2 Å². The third kappa shape index (κ3) is 4.33. The maximum absolute atomic E-state index is 13.1. The summed E-state index contributed by atoms with van der Waals surface area (Å²) < 4.78 is 53.7. The molecule has 0 spiro atoms. The average molecular weight is 476 g/mol. The predicted octanol–water partition coefficient (Wildman–Crippen LogP) is 4.38. The number of amides is 2. The summed E-state index contributed by atoms with van der Waals surface area (Å²) in [5.41, 5.74) is -0.453. The number of hydrogen-bond donors (Lipinski definition) is 1. The molecular weight excluding hydrogens is 448 g/mol. The van der Waals surface area contributed by atoms with Gasteiger partial charge in [0, 0.05) is 34.2 Å². The minimum Gasteiger partial charge on any atom is -0.444 e. The summed E-state index contributed by atoms with van der Waals surface area (Å²) in [7, 11) is 0. The Morgan fingerprint density at radius 1 is 1.43 bits per heavy atom. The van der Waals surface area contributed by atoms with E-state index < -0.39 is 42.5 Å². The maximum Gasteiger partial charge on any atom is 0.410 e. The minimum atomic E-state index is -2.75. The molecule has 0 aliphatic carbocycles. The molecule has 3 rings (SSSR count). The van der Waals surface area contributed by atoms with Crippen LogP contribution in [0.15, 0.2) is 22.6 Å². The Morgan fingerprint density at radius 2 is 2.18 bits per heavy atom. The van der Waals surface area contributed by atoms with E-state index in [9.17, 15) is 9.59 Å². The first kappa shape index (κ1) is 14.0. The lowest BCUT2D eigenvalue weighted by Crippen LogP contribution is -2.40. The average Bonchev–Trinajstić information content (AvgIpc) is 3.12. The summed E-state index contributed by atoms with van der Waals surface area (Å²) in [6, 6.07) is -1.30. The summed E-state index contributed by atoms with van der Waals surface area (Å²) in [5, 5.41) is 2.19. The van der Waals surface area contributed by atoms with Gasteiger partial charge >= 0.3 is 6.09 Å². The van der Waals surface area contributed by atoms with Crippen LogP contribution in [0, 0.1) is 0 Å². The van der Waals surface area contributed by atoms with Gasteiger partial charge in [-0.2, -0.15) is 0 Å². The highest BCUT2D eigenvalue weighted by molar-refractivity contribution is 9.10. The molecule has 0 fully saturated rings. The largest absolute Gasteiger partial charge is 0.444 e. The molecule has 0 radical (unpaired) electrons. The Kier molecular flexibility index (Phi) is 3.88. The fraction of sp³-hybridized carbons (Fsp3) is 0.421. The molecule has 1 aliphatic rings. The highest BCUT2D eigenvalue weighted by atomic mass is 79.9. The molecule has 1 aromatic carbocycles. The highest BCUT2D eigenvalue weighted by Crippen LogP contribution is 2.30. The van der Waals surface area contributed by atoms with Crippen LogP contribution in [-0.4, -0.2) is 38.6 Å². The van der Waals surface area contributed by atoms with E-state index in [0.29, 0.717) is 0 Å². The molecule has 0 saturated heterocycles. The number of halogens is 2. The van der Waals surface area contributed by atoms with Crippen molar-refractivity contribution in [3.8, 4) is 0 Å². The zero-order valence-electron chi connectivity index (χ0n) is 21.4. The molecule has 1 N–H and O–H groups in total. The van der Waals surface area contributed by atoms with Gasteiger partial charge in [-0.15, -0.1) is 0 Å². The van der Waals surface area contributed by atoms with Crippen molar-refractivity contribution in [2.24, 2.45) is 6.98 Å². The van der Waals surface area contributed by atoms with Crippen molar-refractivity contribution in [2.75, 3.05) is 11.9 Å². The number of carbonyl (C=O) groups excluding carboxylic acids is 2. The standard InChI is InChI=1S/C19H22BrClN4O3/c1-19(2,3)28-18(27)25-9-8-14-13(10-25)22-16(24(14)4)17(26)23-12-7-5-6-11(20)15(12)21/h5-7H,8-10H2,1-4H3,(H,23,26)/i4D3,5D,6D,7D. The van der Waals surface area contributed by atoms with Crippen LogP contribution < -0.4 is 5.32 Å². The molecule has 2 aromatic rings. The second-order valence-electron chi connectivity index (χ2n) is 7.15. The number of ether oxygens (including phenoxy) is 1. The smallest absolute Gasteiger partial charge is 0.410 e. The van der Waals surface area contributed by atoms with Gasteiger partial charge in [0.05, 0.1) is 27.1 Å². The molecule has 0 unspecified atom stereocenters. The Hall–Kier alpha value is -2.06. The lowest BCUT2D eigenvalue weighted by Gasteiger charge is -2.29. The Balaban J connectivity index is 2.00. The zero-order valence-corrected chi connectivity index (χ0v) is 17.8. The van der Waals surface area contributed by atoms with Gasteiger partial charge in [0.25, 0.3) is 5.91 Å². The number of hydrogen-bond acceptors (Lipinski definition) is 4. The summed E-state index contributed by atoms with van der Waals surface area (Å²) in [6.07, 6.45) is -0.449. The van der Waals surface area contributed by atoms with Crippen molar-refractivity contribution < 1.29 is 22.6 Å². The normalized spacial score (nSPS) is 17.4. The van der Waals surface area contributed by atoms with Gasteiger partial charge in [-0.1, -0.05) is 17.6 Å². The number of nitrogens with one attached hydrogen (secondary N) is 1. The maximum atomic E-state index is 13.1. The van der Waals surface area contributed by atoms with Gasteiger partial charge in [-0.3, -0.25) is 4.79 Å². The summed E-state index contributed by atoms with van der Waals surface area (Å²) in [5.74, 6) is -1.42. The van der Waals surface area contributed by atoms with Crippen LogP contribution in [-0.2, 0) is 24.7 Å². The highest BCUT2D eigenvalue weighted by Gasteiger charge is 2.30. The predicted molar refractivity (Wildman–Crippen MR) is 111 cm³/mol. The van der Waals surface area contributed by atoms with E-state index in [1.807, 2.05) is 0 Å². The van der Waals surface area contributed by atoms with Crippen LogP contribution >= 0.6 is 27.5 Å². The number of fused-ring (bicyclic) bond motifs is 1. The third-order valence-corrected chi connectivity index (χ3v) is 5.08. The van der Waals surface area contributed by atoms with Crippen molar-refractivity contribution in [3.63, 3.8) is 0 Å². The van der Waals surface area contributed by atoms with Crippen LogP contribution in [0.5, 0.6) is 0 Å². The van der Waals surface area contributed by atoms with E-state index in [1.54, 1.807) is 20.8 Å². The zero-order chi connectivity index (χ0) is 25.7. The van der Waals surface area contributed by atoms with Gasteiger partial charge in [-0.05, 0) is 48.8 Å². The molecule has 28 heavy (non-hydrogen) atoms. The minimum absolute atomic E-state index is 0.0110. The Labute approximate surface area is 185 Å². The third-order valence-electron chi connectivity index (χ3n) is 3.88. The monoisotopic (exact) mass is 474 g/mol. The van der Waals surface area contributed by atoms with Crippen molar-refractivity contribution in [2.45, 2.75) is 39.3 Å². The molecular formula is C19H22BrClN4O3. The van der Waals surface area contributed by atoms with Crippen LogP contribution in [0.2, 0.25) is 5.02 Å². The summed E-state index contributed by atoms with van der Waals surface area (Å²) in [4.78, 5) is 31.1. The summed E-state index contributed by atoms with van der Waals surface area (Å²) >= 11 is 9.22. The summed E-state index contributed by atoms with van der Waals surface area (Å²) in [6.45, 7) is 2.56. The molecule has 150 valence electrons. The fourth-order valence-electron chi connectivity index (χ4n) is 2.64. The second kappa shape index (κ2) is 7.75.